The SMILES string of the molecule is O=c1c(-c2ccccc2NCc2ccccc2)nc2cc3ccccc3cc2n1Cc1ccccc1. The summed E-state index contributed by atoms with van der Waals surface area (Å²) in [5.74, 6) is 0. The van der Waals surface area contributed by atoms with Crippen LogP contribution in [0.4, 0.5) is 5.69 Å². The number of benzene rings is 5. The van der Waals surface area contributed by atoms with Gasteiger partial charge in [-0.3, -0.25) is 4.79 Å². The summed E-state index contributed by atoms with van der Waals surface area (Å²) in [7, 11) is 0. The Labute approximate surface area is 209 Å². The van der Waals surface area contributed by atoms with Crippen LogP contribution >= 0.6 is 0 Å². The summed E-state index contributed by atoms with van der Waals surface area (Å²) in [4.78, 5) is 19.0. The number of fused-ring (bicyclic) bond motifs is 2. The molecule has 36 heavy (non-hydrogen) atoms. The van der Waals surface area contributed by atoms with Crippen molar-refractivity contribution in [2.24, 2.45) is 0 Å². The van der Waals surface area contributed by atoms with E-state index in [0.29, 0.717) is 18.8 Å². The lowest BCUT2D eigenvalue weighted by molar-refractivity contribution is 0.790. The molecule has 0 atom stereocenters. The van der Waals surface area contributed by atoms with Gasteiger partial charge in [-0.2, -0.15) is 0 Å². The molecular weight excluding hydrogens is 442 g/mol. The lowest BCUT2D eigenvalue weighted by atomic mass is 10.1. The smallest absolute Gasteiger partial charge is 0.277 e. The normalized spacial score (nSPS) is 11.1. The van der Waals surface area contributed by atoms with Gasteiger partial charge in [-0.15, -0.1) is 0 Å². The molecule has 4 heteroatoms. The number of nitrogens with one attached hydrogen (secondary N) is 1. The lowest BCUT2D eigenvalue weighted by Crippen LogP contribution is -2.24. The van der Waals surface area contributed by atoms with Crippen LogP contribution in [0.5, 0.6) is 0 Å². The number of hydrogen-bond donors (Lipinski definition) is 1. The molecule has 5 aromatic carbocycles. The van der Waals surface area contributed by atoms with Crippen molar-refractivity contribution in [2.45, 2.75) is 13.1 Å². The van der Waals surface area contributed by atoms with E-state index in [1.165, 1.54) is 5.56 Å². The number of nitrogens with zero attached hydrogens (tertiary/aromatic N) is 2. The molecule has 6 aromatic rings. The second kappa shape index (κ2) is 9.51. The highest BCUT2D eigenvalue weighted by molar-refractivity contribution is 5.96. The van der Waals surface area contributed by atoms with Gasteiger partial charge in [0.25, 0.3) is 5.56 Å². The van der Waals surface area contributed by atoms with Crippen molar-refractivity contribution >= 4 is 27.5 Å². The highest BCUT2D eigenvalue weighted by Gasteiger charge is 2.16. The highest BCUT2D eigenvalue weighted by Crippen LogP contribution is 2.28. The Hall–Kier alpha value is -4.70. The van der Waals surface area contributed by atoms with Crippen molar-refractivity contribution in [2.75, 3.05) is 5.32 Å². The lowest BCUT2D eigenvalue weighted by Gasteiger charge is -2.16. The summed E-state index contributed by atoms with van der Waals surface area (Å²) in [6.07, 6.45) is 0. The predicted octanol–water partition coefficient (Wildman–Crippen LogP) is 6.88. The van der Waals surface area contributed by atoms with Crippen molar-refractivity contribution in [3.63, 3.8) is 0 Å². The largest absolute Gasteiger partial charge is 0.380 e. The van der Waals surface area contributed by atoms with Crippen LogP contribution in [0.15, 0.2) is 126 Å². The van der Waals surface area contributed by atoms with E-state index in [2.05, 4.69) is 53.8 Å². The monoisotopic (exact) mass is 467 g/mol. The maximum absolute atomic E-state index is 14.0. The molecular formula is C32H25N3O. The average molecular weight is 468 g/mol. The first kappa shape index (κ1) is 21.8. The van der Waals surface area contributed by atoms with Gasteiger partial charge in [-0.05, 0) is 40.1 Å². The molecule has 1 N–H and O–H groups in total. The van der Waals surface area contributed by atoms with Crippen LogP contribution in [0.25, 0.3) is 33.1 Å². The molecule has 6 rings (SSSR count). The summed E-state index contributed by atoms with van der Waals surface area (Å²) >= 11 is 0. The second-order valence-corrected chi connectivity index (χ2v) is 8.91. The van der Waals surface area contributed by atoms with E-state index in [9.17, 15) is 4.79 Å². The quantitative estimate of drug-likeness (QED) is 0.272. The van der Waals surface area contributed by atoms with Crippen LogP contribution in [0.3, 0.4) is 0 Å². The van der Waals surface area contributed by atoms with E-state index < -0.39 is 0 Å². The van der Waals surface area contributed by atoms with Crippen LogP contribution < -0.4 is 10.9 Å². The fourth-order valence-corrected chi connectivity index (χ4v) is 4.66. The zero-order chi connectivity index (χ0) is 24.3. The molecule has 1 aromatic heterocycles. The predicted molar refractivity (Wildman–Crippen MR) is 148 cm³/mol. The van der Waals surface area contributed by atoms with Crippen LogP contribution in [0.1, 0.15) is 11.1 Å². The van der Waals surface area contributed by atoms with E-state index >= 15 is 0 Å². The molecule has 0 saturated heterocycles. The standard InChI is InChI=1S/C32H25N3O/c36-32-31(27-17-9-10-18-28(27)33-21-23-11-3-1-4-12-23)34-29-19-25-15-7-8-16-26(25)20-30(29)35(32)22-24-13-5-2-6-14-24/h1-20,33H,21-22H2. The molecule has 0 radical (unpaired) electrons. The van der Waals surface area contributed by atoms with Crippen LogP contribution in [-0.2, 0) is 13.1 Å². The van der Waals surface area contributed by atoms with Crippen LogP contribution in [0, 0.1) is 0 Å². The van der Waals surface area contributed by atoms with Gasteiger partial charge in [0.2, 0.25) is 0 Å². The molecule has 0 unspecified atom stereocenters. The van der Waals surface area contributed by atoms with Gasteiger partial charge in [-0.1, -0.05) is 103 Å². The van der Waals surface area contributed by atoms with Crippen molar-refractivity contribution < 1.29 is 0 Å². The summed E-state index contributed by atoms with van der Waals surface area (Å²) < 4.78 is 1.85. The van der Waals surface area contributed by atoms with Crippen LogP contribution in [0.2, 0.25) is 0 Å². The fraction of sp³-hybridized carbons (Fsp3) is 0.0625. The number of aromatic nitrogens is 2. The van der Waals surface area contributed by atoms with Gasteiger partial charge < -0.3 is 9.88 Å². The van der Waals surface area contributed by atoms with E-state index in [1.54, 1.807) is 0 Å². The molecule has 0 saturated carbocycles. The van der Waals surface area contributed by atoms with E-state index in [4.69, 9.17) is 4.98 Å². The van der Waals surface area contributed by atoms with Gasteiger partial charge in [0, 0.05) is 17.8 Å². The number of hydrogen-bond acceptors (Lipinski definition) is 3. The van der Waals surface area contributed by atoms with E-state index in [1.807, 2.05) is 77.4 Å². The van der Waals surface area contributed by atoms with Gasteiger partial charge in [0.05, 0.1) is 17.6 Å². The number of anilines is 1. The Morgan fingerprint density at radius 1 is 0.667 bits per heavy atom. The Bertz CT molecular complexity index is 1720. The fourth-order valence-electron chi connectivity index (χ4n) is 4.66. The maximum atomic E-state index is 14.0. The molecule has 0 aliphatic rings. The number of para-hydroxylation sites is 1. The molecule has 0 fully saturated rings. The van der Waals surface area contributed by atoms with Gasteiger partial charge >= 0.3 is 0 Å². The Balaban J connectivity index is 1.53. The minimum atomic E-state index is -0.101. The molecule has 0 bridgehead atoms. The van der Waals surface area contributed by atoms with Crippen molar-refractivity contribution in [3.05, 3.63) is 143 Å². The molecule has 174 valence electrons. The maximum Gasteiger partial charge on any atom is 0.277 e. The molecule has 0 spiro atoms. The third-order valence-electron chi connectivity index (χ3n) is 6.51. The summed E-state index contributed by atoms with van der Waals surface area (Å²) in [6, 6.07) is 40.6. The second-order valence-electron chi connectivity index (χ2n) is 8.91. The van der Waals surface area contributed by atoms with Crippen molar-refractivity contribution in [1.82, 2.24) is 9.55 Å². The number of rotatable bonds is 6. The zero-order valence-corrected chi connectivity index (χ0v) is 19.8. The zero-order valence-electron chi connectivity index (χ0n) is 19.8. The Morgan fingerprint density at radius 2 is 1.28 bits per heavy atom. The van der Waals surface area contributed by atoms with Crippen molar-refractivity contribution in [3.8, 4) is 11.3 Å². The minimum Gasteiger partial charge on any atom is -0.380 e. The first-order valence-corrected chi connectivity index (χ1v) is 12.1. The summed E-state index contributed by atoms with van der Waals surface area (Å²) in [5.41, 5.74) is 5.92. The highest BCUT2D eigenvalue weighted by atomic mass is 16.1. The van der Waals surface area contributed by atoms with Gasteiger partial charge in [0.1, 0.15) is 5.69 Å². The van der Waals surface area contributed by atoms with Crippen LogP contribution in [-0.4, -0.2) is 9.55 Å². The van der Waals surface area contributed by atoms with Crippen molar-refractivity contribution in [1.29, 1.82) is 0 Å². The van der Waals surface area contributed by atoms with Gasteiger partial charge in [-0.25, -0.2) is 4.98 Å². The minimum absolute atomic E-state index is 0.101. The molecule has 0 aliphatic carbocycles. The van der Waals surface area contributed by atoms with Gasteiger partial charge in [0.15, 0.2) is 0 Å². The Morgan fingerprint density at radius 3 is 2.03 bits per heavy atom. The first-order valence-electron chi connectivity index (χ1n) is 12.1. The molecule has 1 heterocycles. The average Bonchev–Trinajstić information content (AvgIpc) is 2.94. The summed E-state index contributed by atoms with van der Waals surface area (Å²) in [6.45, 7) is 1.14. The molecule has 0 aliphatic heterocycles. The first-order chi connectivity index (χ1) is 17.8. The molecule has 0 amide bonds. The summed E-state index contributed by atoms with van der Waals surface area (Å²) in [5, 5.41) is 5.70. The molecule has 4 nitrogen and oxygen atoms in total. The van der Waals surface area contributed by atoms with E-state index in [-0.39, 0.29) is 5.56 Å². The Kier molecular flexibility index (Phi) is 5.76. The third kappa shape index (κ3) is 4.25. The topological polar surface area (TPSA) is 46.9 Å². The third-order valence-corrected chi connectivity index (χ3v) is 6.51. The van der Waals surface area contributed by atoms with E-state index in [0.717, 1.165) is 38.6 Å².